The Morgan fingerprint density at radius 2 is 1.85 bits per heavy atom. The van der Waals surface area contributed by atoms with Gasteiger partial charge in [0.25, 0.3) is 0 Å². The van der Waals surface area contributed by atoms with Crippen molar-refractivity contribution in [2.24, 2.45) is 0 Å². The molecule has 0 heterocycles. The Labute approximate surface area is 169 Å². The summed E-state index contributed by atoms with van der Waals surface area (Å²) in [5.74, 6) is 1.10. The van der Waals surface area contributed by atoms with Gasteiger partial charge in [0.05, 0.1) is 19.4 Å². The van der Waals surface area contributed by atoms with Crippen molar-refractivity contribution >= 4 is 27.3 Å². The molecule has 0 saturated heterocycles. The molecule has 2 aromatic carbocycles. The number of nitrogen functional groups attached to an aromatic ring is 1. The third-order valence-electron chi connectivity index (χ3n) is 4.62. The van der Waals surface area contributed by atoms with Crippen LogP contribution in [0.15, 0.2) is 34.8 Å². The number of ether oxygens (including phenoxy) is 1. The molecule has 0 unspecified atom stereocenters. The van der Waals surface area contributed by atoms with Crippen molar-refractivity contribution < 1.29 is 14.9 Å². The molecule has 0 bridgehead atoms. The zero-order valence-electron chi connectivity index (χ0n) is 16.2. The number of nitrogens with two attached hydrogens (primary N) is 1. The molecule has 6 heteroatoms. The fraction of sp³-hybridized carbons (Fsp3) is 0.429. The lowest BCUT2D eigenvalue weighted by atomic mass is 10.0. The van der Waals surface area contributed by atoms with E-state index in [2.05, 4.69) is 58.9 Å². The molecule has 0 aliphatic carbocycles. The van der Waals surface area contributed by atoms with Gasteiger partial charge in [0.1, 0.15) is 11.4 Å². The SMILES string of the molecule is COc1cc(CO)c(Br)c(N)c1N(CCCO)Cc1ccc(C(C)C)cc1. The van der Waals surface area contributed by atoms with Crippen LogP contribution in [-0.4, -0.2) is 30.5 Å². The Morgan fingerprint density at radius 3 is 2.37 bits per heavy atom. The highest BCUT2D eigenvalue weighted by Crippen LogP contribution is 2.42. The zero-order chi connectivity index (χ0) is 20.0. The molecular formula is C21H29BrN2O3. The van der Waals surface area contributed by atoms with Gasteiger partial charge in [0.15, 0.2) is 0 Å². The predicted molar refractivity (Wildman–Crippen MR) is 114 cm³/mol. The van der Waals surface area contributed by atoms with Gasteiger partial charge in [-0.3, -0.25) is 0 Å². The fourth-order valence-corrected chi connectivity index (χ4v) is 3.48. The van der Waals surface area contributed by atoms with E-state index < -0.39 is 0 Å². The standard InChI is InChI=1S/C21H29BrN2O3/c1-14(2)16-7-5-15(6-8-16)12-24(9-4-10-25)21-18(27-3)11-17(13-26)19(22)20(21)23/h5-8,11,14,25-26H,4,9-10,12-13,23H2,1-3H3. The van der Waals surface area contributed by atoms with Gasteiger partial charge in [0, 0.05) is 24.2 Å². The average Bonchev–Trinajstić information content (AvgIpc) is 2.67. The summed E-state index contributed by atoms with van der Waals surface area (Å²) in [7, 11) is 1.59. The molecule has 0 radical (unpaired) electrons. The molecule has 5 nitrogen and oxygen atoms in total. The van der Waals surface area contributed by atoms with E-state index in [-0.39, 0.29) is 13.2 Å². The highest BCUT2D eigenvalue weighted by atomic mass is 79.9. The summed E-state index contributed by atoms with van der Waals surface area (Å²) in [6.45, 7) is 5.59. The van der Waals surface area contributed by atoms with E-state index in [0.29, 0.717) is 46.9 Å². The van der Waals surface area contributed by atoms with Crippen LogP contribution in [0.2, 0.25) is 0 Å². The van der Waals surface area contributed by atoms with Gasteiger partial charge in [-0.1, -0.05) is 38.1 Å². The van der Waals surface area contributed by atoms with Gasteiger partial charge in [-0.15, -0.1) is 0 Å². The second-order valence-corrected chi connectivity index (χ2v) is 7.66. The van der Waals surface area contributed by atoms with E-state index >= 15 is 0 Å². The van der Waals surface area contributed by atoms with Gasteiger partial charge < -0.3 is 25.6 Å². The van der Waals surface area contributed by atoms with Crippen molar-refractivity contribution in [3.63, 3.8) is 0 Å². The second kappa shape index (κ2) is 9.97. The number of aliphatic hydroxyl groups is 2. The predicted octanol–water partition coefficient (Wildman–Crippen LogP) is 4.04. The minimum atomic E-state index is -0.130. The topological polar surface area (TPSA) is 79.0 Å². The molecule has 0 aliphatic heterocycles. The maximum absolute atomic E-state index is 9.55. The Kier molecular flexibility index (Phi) is 7.95. The van der Waals surface area contributed by atoms with Crippen LogP contribution in [0.3, 0.4) is 0 Å². The van der Waals surface area contributed by atoms with Crippen LogP contribution in [0.4, 0.5) is 11.4 Å². The molecule has 0 atom stereocenters. The van der Waals surface area contributed by atoms with Crippen molar-refractivity contribution in [3.05, 3.63) is 51.5 Å². The van der Waals surface area contributed by atoms with Crippen molar-refractivity contribution in [2.45, 2.75) is 39.3 Å². The third kappa shape index (κ3) is 5.15. The zero-order valence-corrected chi connectivity index (χ0v) is 17.8. The van der Waals surface area contributed by atoms with Crippen LogP contribution in [0.25, 0.3) is 0 Å². The number of benzene rings is 2. The normalized spacial score (nSPS) is 11.1. The Balaban J connectivity index is 2.42. The second-order valence-electron chi connectivity index (χ2n) is 6.87. The smallest absolute Gasteiger partial charge is 0.144 e. The molecule has 0 saturated carbocycles. The summed E-state index contributed by atoms with van der Waals surface area (Å²) in [6, 6.07) is 10.3. The number of nitrogens with zero attached hydrogens (tertiary/aromatic N) is 1. The molecule has 2 rings (SSSR count). The summed E-state index contributed by atoms with van der Waals surface area (Å²) in [5, 5.41) is 18.9. The molecule has 27 heavy (non-hydrogen) atoms. The van der Waals surface area contributed by atoms with Gasteiger partial charge in [-0.05, 0) is 51.0 Å². The van der Waals surface area contributed by atoms with Crippen LogP contribution in [0.1, 0.15) is 42.9 Å². The highest BCUT2D eigenvalue weighted by Gasteiger charge is 2.20. The van der Waals surface area contributed by atoms with Crippen molar-refractivity contribution in [3.8, 4) is 5.75 Å². The van der Waals surface area contributed by atoms with Crippen LogP contribution in [0, 0.1) is 0 Å². The lowest BCUT2D eigenvalue weighted by Crippen LogP contribution is -2.26. The van der Waals surface area contributed by atoms with E-state index in [9.17, 15) is 10.2 Å². The summed E-state index contributed by atoms with van der Waals surface area (Å²) in [6.07, 6.45) is 0.617. The summed E-state index contributed by atoms with van der Waals surface area (Å²) >= 11 is 3.49. The minimum Gasteiger partial charge on any atom is -0.494 e. The number of anilines is 2. The van der Waals surface area contributed by atoms with Crippen molar-refractivity contribution in [1.29, 1.82) is 0 Å². The molecule has 0 spiro atoms. The first-order valence-electron chi connectivity index (χ1n) is 9.13. The monoisotopic (exact) mass is 436 g/mol. The number of hydrogen-bond donors (Lipinski definition) is 3. The Morgan fingerprint density at radius 1 is 1.19 bits per heavy atom. The molecule has 2 aromatic rings. The number of aliphatic hydroxyl groups excluding tert-OH is 2. The molecule has 4 N–H and O–H groups in total. The van der Waals surface area contributed by atoms with Crippen LogP contribution in [-0.2, 0) is 13.2 Å². The largest absolute Gasteiger partial charge is 0.494 e. The first-order chi connectivity index (χ1) is 12.9. The van der Waals surface area contributed by atoms with Crippen molar-refractivity contribution in [1.82, 2.24) is 0 Å². The first-order valence-corrected chi connectivity index (χ1v) is 9.92. The first kappa shape index (κ1) is 21.5. The van der Waals surface area contributed by atoms with Crippen molar-refractivity contribution in [2.75, 3.05) is 30.9 Å². The minimum absolute atomic E-state index is 0.0981. The summed E-state index contributed by atoms with van der Waals surface area (Å²) in [5.41, 5.74) is 10.8. The molecule has 148 valence electrons. The summed E-state index contributed by atoms with van der Waals surface area (Å²) < 4.78 is 6.23. The van der Waals surface area contributed by atoms with Crippen LogP contribution < -0.4 is 15.4 Å². The molecule has 0 amide bonds. The van der Waals surface area contributed by atoms with E-state index in [1.807, 2.05) is 0 Å². The Bertz CT molecular complexity index is 748. The number of rotatable bonds is 9. The number of halogens is 1. The maximum atomic E-state index is 9.55. The van der Waals surface area contributed by atoms with Gasteiger partial charge in [-0.2, -0.15) is 0 Å². The lowest BCUT2D eigenvalue weighted by molar-refractivity contribution is 0.280. The summed E-state index contributed by atoms with van der Waals surface area (Å²) in [4.78, 5) is 2.11. The number of hydrogen-bond acceptors (Lipinski definition) is 5. The quantitative estimate of drug-likeness (QED) is 0.516. The van der Waals surface area contributed by atoms with E-state index in [1.54, 1.807) is 13.2 Å². The lowest BCUT2D eigenvalue weighted by Gasteiger charge is -2.29. The molecular weight excluding hydrogens is 408 g/mol. The third-order valence-corrected chi connectivity index (χ3v) is 5.56. The fourth-order valence-electron chi connectivity index (χ4n) is 3.06. The van der Waals surface area contributed by atoms with Crippen LogP contribution >= 0.6 is 15.9 Å². The average molecular weight is 437 g/mol. The highest BCUT2D eigenvalue weighted by molar-refractivity contribution is 9.10. The Hall–Kier alpha value is -1.76. The molecule has 0 aromatic heterocycles. The molecule has 0 fully saturated rings. The van der Waals surface area contributed by atoms with E-state index in [0.717, 1.165) is 11.3 Å². The van der Waals surface area contributed by atoms with Gasteiger partial charge >= 0.3 is 0 Å². The van der Waals surface area contributed by atoms with E-state index in [4.69, 9.17) is 10.5 Å². The van der Waals surface area contributed by atoms with Gasteiger partial charge in [0.2, 0.25) is 0 Å². The van der Waals surface area contributed by atoms with Gasteiger partial charge in [-0.25, -0.2) is 0 Å². The van der Waals surface area contributed by atoms with E-state index in [1.165, 1.54) is 5.56 Å². The van der Waals surface area contributed by atoms with Crippen LogP contribution in [0.5, 0.6) is 5.75 Å². The molecule has 0 aliphatic rings. The maximum Gasteiger partial charge on any atom is 0.144 e. The number of methoxy groups -OCH3 is 1.